The molecule has 0 saturated carbocycles. The van der Waals surface area contributed by atoms with Gasteiger partial charge >= 0.3 is 5.97 Å². The molecule has 29 heavy (non-hydrogen) atoms. The Bertz CT molecular complexity index is 861. The molecule has 2 heterocycles. The summed E-state index contributed by atoms with van der Waals surface area (Å²) >= 11 is 0. The third kappa shape index (κ3) is 4.84. The SMILES string of the molecule is C#C[C@H](CC(=O)O)NC(=O)CN1CCc2cc(F)c(N3CCNCC3)cc2C1=O. The monoisotopic (exact) mass is 402 g/mol. The lowest BCUT2D eigenvalue weighted by Gasteiger charge is -2.32. The van der Waals surface area contributed by atoms with Crippen molar-refractivity contribution in [1.82, 2.24) is 15.5 Å². The van der Waals surface area contributed by atoms with Crippen LogP contribution < -0.4 is 15.5 Å². The number of rotatable bonds is 6. The molecule has 0 bridgehead atoms. The Kier molecular flexibility index (Phi) is 6.34. The Morgan fingerprint density at radius 1 is 1.31 bits per heavy atom. The normalized spacial score (nSPS) is 17.3. The van der Waals surface area contributed by atoms with Crippen LogP contribution in [0.15, 0.2) is 12.1 Å². The Labute approximate surface area is 168 Å². The van der Waals surface area contributed by atoms with Crippen molar-refractivity contribution in [3.05, 3.63) is 29.1 Å². The zero-order chi connectivity index (χ0) is 21.0. The highest BCUT2D eigenvalue weighted by atomic mass is 19.1. The van der Waals surface area contributed by atoms with Gasteiger partial charge in [0.25, 0.3) is 5.91 Å². The highest BCUT2D eigenvalue weighted by Gasteiger charge is 2.29. The number of fused-ring (bicyclic) bond motifs is 1. The molecule has 154 valence electrons. The molecule has 8 nitrogen and oxygen atoms in total. The number of anilines is 1. The number of terminal acetylenes is 1. The Hall–Kier alpha value is -3.12. The third-order valence-corrected chi connectivity index (χ3v) is 5.05. The molecule has 9 heteroatoms. The van der Waals surface area contributed by atoms with E-state index in [0.717, 1.165) is 13.1 Å². The number of nitrogens with one attached hydrogen (secondary N) is 2. The number of carbonyl (C=O) groups is 3. The standard InChI is InChI=1S/C20H23FN4O4/c1-2-14(10-19(27)28)23-18(26)12-25-6-3-13-9-16(21)17(11-15(13)20(25)29)24-7-4-22-5-8-24/h1,9,11,14,22H,3-8,10,12H2,(H,23,26)(H,27,28)/t14-/m1/s1. The second-order valence-electron chi connectivity index (χ2n) is 7.06. The Morgan fingerprint density at radius 2 is 2.03 bits per heavy atom. The van der Waals surface area contributed by atoms with Crippen LogP contribution in [0.25, 0.3) is 0 Å². The van der Waals surface area contributed by atoms with Crippen LogP contribution in [0.3, 0.4) is 0 Å². The number of nitrogens with zero attached hydrogens (tertiary/aromatic N) is 2. The van der Waals surface area contributed by atoms with E-state index >= 15 is 0 Å². The maximum atomic E-state index is 14.6. The summed E-state index contributed by atoms with van der Waals surface area (Å²) in [4.78, 5) is 39.1. The van der Waals surface area contributed by atoms with Gasteiger partial charge in [-0.15, -0.1) is 6.42 Å². The Morgan fingerprint density at radius 3 is 2.69 bits per heavy atom. The van der Waals surface area contributed by atoms with Crippen LogP contribution in [-0.4, -0.2) is 73.1 Å². The fourth-order valence-electron chi connectivity index (χ4n) is 3.57. The van der Waals surface area contributed by atoms with E-state index in [1.54, 1.807) is 6.07 Å². The number of benzene rings is 1. The van der Waals surface area contributed by atoms with Crippen molar-refractivity contribution < 1.29 is 23.9 Å². The van der Waals surface area contributed by atoms with Gasteiger partial charge in [-0.2, -0.15) is 0 Å². The molecule has 0 unspecified atom stereocenters. The maximum absolute atomic E-state index is 14.6. The van der Waals surface area contributed by atoms with E-state index < -0.39 is 24.3 Å². The van der Waals surface area contributed by atoms with Gasteiger partial charge < -0.3 is 25.5 Å². The first kappa shape index (κ1) is 20.6. The van der Waals surface area contributed by atoms with Crippen LogP contribution >= 0.6 is 0 Å². The minimum atomic E-state index is -1.13. The predicted molar refractivity (Wildman–Crippen MR) is 104 cm³/mol. The van der Waals surface area contributed by atoms with Crippen molar-refractivity contribution in [3.63, 3.8) is 0 Å². The van der Waals surface area contributed by atoms with Crippen LogP contribution in [0.5, 0.6) is 0 Å². The summed E-state index contributed by atoms with van der Waals surface area (Å²) < 4.78 is 14.6. The molecule has 2 amide bonds. The molecule has 2 aliphatic heterocycles. The summed E-state index contributed by atoms with van der Waals surface area (Å²) in [5, 5.41) is 14.4. The second-order valence-corrected chi connectivity index (χ2v) is 7.06. The van der Waals surface area contributed by atoms with E-state index in [2.05, 4.69) is 16.6 Å². The van der Waals surface area contributed by atoms with Gasteiger partial charge in [-0.3, -0.25) is 14.4 Å². The summed E-state index contributed by atoms with van der Waals surface area (Å²) in [6.45, 7) is 2.80. The molecule has 1 fully saturated rings. The summed E-state index contributed by atoms with van der Waals surface area (Å²) in [7, 11) is 0. The number of aliphatic carboxylic acids is 1. The average Bonchev–Trinajstić information content (AvgIpc) is 2.69. The molecule has 3 N–H and O–H groups in total. The molecule has 0 spiro atoms. The summed E-state index contributed by atoms with van der Waals surface area (Å²) in [6, 6.07) is 2.03. The van der Waals surface area contributed by atoms with Crippen molar-refractivity contribution in [1.29, 1.82) is 0 Å². The molecule has 0 aliphatic carbocycles. The van der Waals surface area contributed by atoms with E-state index in [1.165, 1.54) is 11.0 Å². The summed E-state index contributed by atoms with van der Waals surface area (Å²) in [5.74, 6) is -0.153. The molecule has 1 aromatic carbocycles. The van der Waals surface area contributed by atoms with Crippen molar-refractivity contribution in [2.24, 2.45) is 0 Å². The molecule has 1 aromatic rings. The number of hydrogen-bond acceptors (Lipinski definition) is 5. The topological polar surface area (TPSA) is 102 Å². The minimum Gasteiger partial charge on any atom is -0.481 e. The van der Waals surface area contributed by atoms with E-state index in [0.29, 0.717) is 36.3 Å². The number of piperazine rings is 1. The lowest BCUT2D eigenvalue weighted by atomic mass is 9.97. The van der Waals surface area contributed by atoms with Crippen molar-refractivity contribution >= 4 is 23.5 Å². The smallest absolute Gasteiger partial charge is 0.306 e. The molecule has 0 radical (unpaired) electrons. The zero-order valence-electron chi connectivity index (χ0n) is 15.9. The largest absolute Gasteiger partial charge is 0.481 e. The van der Waals surface area contributed by atoms with E-state index in [1.807, 2.05) is 4.90 Å². The molecular formula is C20H23FN4O4. The highest BCUT2D eigenvalue weighted by molar-refractivity contribution is 5.99. The van der Waals surface area contributed by atoms with Gasteiger partial charge in [-0.25, -0.2) is 4.39 Å². The van der Waals surface area contributed by atoms with Crippen LogP contribution in [0, 0.1) is 18.2 Å². The lowest BCUT2D eigenvalue weighted by Crippen LogP contribution is -2.47. The third-order valence-electron chi connectivity index (χ3n) is 5.05. The van der Waals surface area contributed by atoms with Gasteiger partial charge in [0.15, 0.2) is 0 Å². The number of hydrogen-bond donors (Lipinski definition) is 3. The molecule has 3 rings (SSSR count). The molecule has 2 aliphatic rings. The Balaban J connectivity index is 1.72. The van der Waals surface area contributed by atoms with Crippen LogP contribution in [0.1, 0.15) is 22.3 Å². The van der Waals surface area contributed by atoms with Crippen LogP contribution in [-0.2, 0) is 16.0 Å². The number of carboxylic acid groups (broad SMARTS) is 1. The number of halogens is 1. The van der Waals surface area contributed by atoms with E-state index in [4.69, 9.17) is 11.5 Å². The van der Waals surface area contributed by atoms with Crippen LogP contribution in [0.4, 0.5) is 10.1 Å². The number of carbonyl (C=O) groups excluding carboxylic acids is 2. The lowest BCUT2D eigenvalue weighted by molar-refractivity contribution is -0.137. The fraction of sp³-hybridized carbons (Fsp3) is 0.450. The molecule has 1 saturated heterocycles. The van der Waals surface area contributed by atoms with Gasteiger partial charge in [0, 0.05) is 38.3 Å². The first-order valence-electron chi connectivity index (χ1n) is 9.43. The average molecular weight is 402 g/mol. The first-order valence-corrected chi connectivity index (χ1v) is 9.43. The van der Waals surface area contributed by atoms with E-state index in [-0.39, 0.29) is 24.8 Å². The number of carboxylic acids is 1. The van der Waals surface area contributed by atoms with Gasteiger partial charge in [0.05, 0.1) is 18.7 Å². The molecule has 0 aromatic heterocycles. The molecule has 1 atom stereocenters. The highest BCUT2D eigenvalue weighted by Crippen LogP contribution is 2.28. The first-order chi connectivity index (χ1) is 13.9. The predicted octanol–water partition coefficient (Wildman–Crippen LogP) is -0.174. The molecular weight excluding hydrogens is 379 g/mol. The van der Waals surface area contributed by atoms with Gasteiger partial charge in [0.1, 0.15) is 11.9 Å². The fourth-order valence-corrected chi connectivity index (χ4v) is 3.57. The van der Waals surface area contributed by atoms with Gasteiger partial charge in [0.2, 0.25) is 5.91 Å². The van der Waals surface area contributed by atoms with E-state index in [9.17, 15) is 18.8 Å². The van der Waals surface area contributed by atoms with Gasteiger partial charge in [-0.1, -0.05) is 5.92 Å². The van der Waals surface area contributed by atoms with Crippen molar-refractivity contribution in [2.45, 2.75) is 18.9 Å². The van der Waals surface area contributed by atoms with Crippen molar-refractivity contribution in [2.75, 3.05) is 44.2 Å². The maximum Gasteiger partial charge on any atom is 0.306 e. The quantitative estimate of drug-likeness (QED) is 0.571. The van der Waals surface area contributed by atoms with Crippen LogP contribution in [0.2, 0.25) is 0 Å². The van der Waals surface area contributed by atoms with Gasteiger partial charge in [-0.05, 0) is 24.1 Å². The summed E-state index contributed by atoms with van der Waals surface area (Å²) in [5.41, 5.74) is 1.40. The minimum absolute atomic E-state index is 0.240. The summed E-state index contributed by atoms with van der Waals surface area (Å²) in [6.07, 6.45) is 5.28. The van der Waals surface area contributed by atoms with Crippen molar-refractivity contribution in [3.8, 4) is 12.3 Å². The second kappa shape index (κ2) is 8.92. The zero-order valence-corrected chi connectivity index (χ0v) is 15.9. The number of amides is 2.